The fourth-order valence-electron chi connectivity index (χ4n) is 3.57. The van der Waals surface area contributed by atoms with Crippen molar-refractivity contribution in [2.75, 3.05) is 45.4 Å². The Labute approximate surface area is 224 Å². The molecule has 0 bridgehead atoms. The van der Waals surface area contributed by atoms with Crippen molar-refractivity contribution in [2.45, 2.75) is 4.90 Å². The average Bonchev–Trinajstić information content (AvgIpc) is 2.89. The Kier molecular flexibility index (Phi) is 8.95. The second-order valence-electron chi connectivity index (χ2n) is 7.97. The number of nitrogens with one attached hydrogen (secondary N) is 1. The maximum atomic E-state index is 15.3. The first kappa shape index (κ1) is 27.5. The lowest BCUT2D eigenvalue weighted by molar-refractivity contribution is 0.132. The molecule has 4 rings (SSSR count). The Morgan fingerprint density at radius 2 is 1.53 bits per heavy atom. The van der Waals surface area contributed by atoms with Crippen molar-refractivity contribution in [1.29, 1.82) is 0 Å². The Balaban J connectivity index is 1.68. The molecule has 1 N–H and O–H groups in total. The normalized spacial score (nSPS) is 11.5. The van der Waals surface area contributed by atoms with Crippen LogP contribution in [0.5, 0.6) is 11.5 Å². The molecule has 12 heteroatoms. The summed E-state index contributed by atoms with van der Waals surface area (Å²) in [6.07, 6.45) is 1.32. The first-order chi connectivity index (χ1) is 18.3. The molecule has 0 aliphatic heterocycles. The fraction of sp³-hybridized carbons (Fsp3) is 0.231. The minimum Gasteiger partial charge on any atom is -0.487 e. The molecule has 0 aliphatic carbocycles. The van der Waals surface area contributed by atoms with Crippen molar-refractivity contribution in [3.63, 3.8) is 0 Å². The van der Waals surface area contributed by atoms with E-state index in [0.717, 1.165) is 6.07 Å². The third-order valence-corrected chi connectivity index (χ3v) is 7.04. The van der Waals surface area contributed by atoms with Gasteiger partial charge in [-0.1, -0.05) is 11.6 Å². The lowest BCUT2D eigenvalue weighted by atomic mass is 10.0. The molecule has 0 spiro atoms. The third-order valence-electron chi connectivity index (χ3n) is 5.39. The van der Waals surface area contributed by atoms with Crippen LogP contribution in [0.15, 0.2) is 65.8 Å². The third kappa shape index (κ3) is 6.48. The van der Waals surface area contributed by atoms with E-state index in [1.807, 2.05) is 0 Å². The number of hydrogen-bond acceptors (Lipinski definition) is 8. The highest BCUT2D eigenvalue weighted by molar-refractivity contribution is 7.92. The van der Waals surface area contributed by atoms with Gasteiger partial charge in [0.15, 0.2) is 11.5 Å². The van der Waals surface area contributed by atoms with Gasteiger partial charge in [0.2, 0.25) is 0 Å². The molecule has 200 valence electrons. The van der Waals surface area contributed by atoms with E-state index < -0.39 is 15.8 Å². The smallest absolute Gasteiger partial charge is 0.261 e. The molecule has 0 atom stereocenters. The van der Waals surface area contributed by atoms with Crippen LogP contribution in [-0.2, 0) is 19.5 Å². The summed E-state index contributed by atoms with van der Waals surface area (Å²) < 4.78 is 64.8. The number of nitrogens with zero attached hydrogens (tertiary/aromatic N) is 2. The molecule has 1 aromatic heterocycles. The van der Waals surface area contributed by atoms with Crippen LogP contribution in [0.1, 0.15) is 0 Å². The lowest BCUT2D eigenvalue weighted by Gasteiger charge is -2.15. The topological polar surface area (TPSA) is 109 Å². The summed E-state index contributed by atoms with van der Waals surface area (Å²) in [6.45, 7) is 1.30. The molecule has 0 amide bonds. The molecule has 1 heterocycles. The van der Waals surface area contributed by atoms with E-state index in [1.165, 1.54) is 42.7 Å². The molecular formula is C26H25ClFN3O6S. The minimum atomic E-state index is -3.94. The Hall–Kier alpha value is -3.51. The SMILES string of the molecule is COCCOc1cc2ncnc(-c3ccc(NS(=O)(=O)c4ccc(Cl)cc4)cc3F)c2cc1OCCOC. The van der Waals surface area contributed by atoms with Gasteiger partial charge in [0.05, 0.1) is 35.0 Å². The number of sulfonamides is 1. The molecule has 0 saturated heterocycles. The largest absolute Gasteiger partial charge is 0.487 e. The van der Waals surface area contributed by atoms with Gasteiger partial charge in [0.25, 0.3) is 10.0 Å². The van der Waals surface area contributed by atoms with Gasteiger partial charge < -0.3 is 18.9 Å². The van der Waals surface area contributed by atoms with Gasteiger partial charge in [-0.15, -0.1) is 0 Å². The Bertz CT molecular complexity index is 1520. The first-order valence-electron chi connectivity index (χ1n) is 11.4. The predicted molar refractivity (Wildman–Crippen MR) is 142 cm³/mol. The second kappa shape index (κ2) is 12.4. The number of ether oxygens (including phenoxy) is 4. The quantitative estimate of drug-likeness (QED) is 0.242. The standard InChI is InChI=1S/C26H25ClFN3O6S/c1-34-9-11-36-24-14-21-23(15-25(24)37-12-10-35-2)29-16-30-26(21)20-8-5-18(13-22(20)28)31-38(32,33)19-6-3-17(27)4-7-19/h3-8,13-16,31H,9-12H2,1-2H3. The van der Waals surface area contributed by atoms with E-state index in [-0.39, 0.29) is 22.8 Å². The maximum Gasteiger partial charge on any atom is 0.261 e. The number of anilines is 1. The predicted octanol–water partition coefficient (Wildman–Crippen LogP) is 4.94. The van der Waals surface area contributed by atoms with E-state index in [4.69, 9.17) is 30.5 Å². The van der Waals surface area contributed by atoms with E-state index in [1.54, 1.807) is 26.4 Å². The van der Waals surface area contributed by atoms with Gasteiger partial charge in [-0.3, -0.25) is 4.72 Å². The van der Waals surface area contributed by atoms with Crippen molar-refractivity contribution < 1.29 is 31.8 Å². The van der Waals surface area contributed by atoms with Gasteiger partial charge in [0.1, 0.15) is 25.4 Å². The van der Waals surface area contributed by atoms with Crippen LogP contribution in [0, 0.1) is 5.82 Å². The summed E-state index contributed by atoms with van der Waals surface area (Å²) in [5, 5.41) is 0.921. The van der Waals surface area contributed by atoms with Crippen LogP contribution in [-0.4, -0.2) is 59.0 Å². The Morgan fingerprint density at radius 1 is 0.868 bits per heavy atom. The number of halogens is 2. The van der Waals surface area contributed by atoms with E-state index in [0.29, 0.717) is 52.9 Å². The summed E-state index contributed by atoms with van der Waals surface area (Å²) in [5.74, 6) is 0.181. The van der Waals surface area contributed by atoms with Crippen molar-refractivity contribution in [3.8, 4) is 22.8 Å². The summed E-state index contributed by atoms with van der Waals surface area (Å²) >= 11 is 5.84. The van der Waals surface area contributed by atoms with Gasteiger partial charge in [-0.25, -0.2) is 22.8 Å². The van der Waals surface area contributed by atoms with Crippen LogP contribution in [0.2, 0.25) is 5.02 Å². The monoisotopic (exact) mass is 561 g/mol. The van der Waals surface area contributed by atoms with Gasteiger partial charge in [-0.2, -0.15) is 0 Å². The van der Waals surface area contributed by atoms with Crippen LogP contribution in [0.25, 0.3) is 22.2 Å². The van der Waals surface area contributed by atoms with Crippen LogP contribution >= 0.6 is 11.6 Å². The number of benzene rings is 3. The average molecular weight is 562 g/mol. The van der Waals surface area contributed by atoms with E-state index >= 15 is 4.39 Å². The van der Waals surface area contributed by atoms with Gasteiger partial charge in [0, 0.05) is 36.3 Å². The number of fused-ring (bicyclic) bond motifs is 1. The van der Waals surface area contributed by atoms with Crippen LogP contribution in [0.3, 0.4) is 0 Å². The molecule has 0 saturated carbocycles. The summed E-state index contributed by atoms with van der Waals surface area (Å²) in [7, 11) is -0.806. The van der Waals surface area contributed by atoms with E-state index in [2.05, 4.69) is 14.7 Å². The number of hydrogen-bond donors (Lipinski definition) is 1. The molecule has 4 aromatic rings. The summed E-state index contributed by atoms with van der Waals surface area (Å²) in [5.41, 5.74) is 1.02. The number of aromatic nitrogens is 2. The minimum absolute atomic E-state index is 0.00213. The van der Waals surface area contributed by atoms with E-state index in [9.17, 15) is 8.42 Å². The van der Waals surface area contributed by atoms with Gasteiger partial charge in [-0.05, 0) is 48.5 Å². The number of methoxy groups -OCH3 is 2. The van der Waals surface area contributed by atoms with Crippen molar-refractivity contribution >= 4 is 38.2 Å². The molecule has 9 nitrogen and oxygen atoms in total. The van der Waals surface area contributed by atoms with Gasteiger partial charge >= 0.3 is 0 Å². The lowest BCUT2D eigenvalue weighted by Crippen LogP contribution is -2.13. The summed E-state index contributed by atoms with van der Waals surface area (Å²) in [4.78, 5) is 8.60. The second-order valence-corrected chi connectivity index (χ2v) is 10.1. The maximum absolute atomic E-state index is 15.3. The molecule has 0 aliphatic rings. The zero-order chi connectivity index (χ0) is 27.1. The molecular weight excluding hydrogens is 537 g/mol. The highest BCUT2D eigenvalue weighted by atomic mass is 35.5. The summed E-state index contributed by atoms with van der Waals surface area (Å²) in [6, 6.07) is 13.0. The van der Waals surface area contributed by atoms with Crippen molar-refractivity contribution in [1.82, 2.24) is 9.97 Å². The number of rotatable bonds is 12. The van der Waals surface area contributed by atoms with Crippen LogP contribution in [0.4, 0.5) is 10.1 Å². The zero-order valence-corrected chi connectivity index (χ0v) is 22.2. The zero-order valence-electron chi connectivity index (χ0n) is 20.6. The first-order valence-corrected chi connectivity index (χ1v) is 13.3. The Morgan fingerprint density at radius 3 is 2.16 bits per heavy atom. The highest BCUT2D eigenvalue weighted by Gasteiger charge is 2.18. The molecule has 0 unspecified atom stereocenters. The van der Waals surface area contributed by atoms with Crippen LogP contribution < -0.4 is 14.2 Å². The van der Waals surface area contributed by atoms with Crippen molar-refractivity contribution in [3.05, 3.63) is 71.8 Å². The molecule has 3 aromatic carbocycles. The fourth-order valence-corrected chi connectivity index (χ4v) is 4.75. The molecule has 0 fully saturated rings. The molecule has 0 radical (unpaired) electrons. The van der Waals surface area contributed by atoms with Crippen molar-refractivity contribution in [2.24, 2.45) is 0 Å². The molecule has 38 heavy (non-hydrogen) atoms. The highest BCUT2D eigenvalue weighted by Crippen LogP contribution is 2.37.